The molecule has 5 heteroatoms. The smallest absolute Gasteiger partial charge is 0.337 e. The third-order valence-corrected chi connectivity index (χ3v) is 3.28. The van der Waals surface area contributed by atoms with Crippen LogP contribution >= 0.6 is 15.9 Å². The van der Waals surface area contributed by atoms with E-state index in [2.05, 4.69) is 30.9 Å². The number of aryl methyl sites for hydroxylation is 1. The molecule has 0 atom stereocenters. The molecule has 0 bridgehead atoms. The summed E-state index contributed by atoms with van der Waals surface area (Å²) in [6.45, 7) is 1.85. The Balaban J connectivity index is 2.69. The summed E-state index contributed by atoms with van der Waals surface area (Å²) in [5.41, 5.74) is 2.03. The maximum absolute atomic E-state index is 11.4. The van der Waals surface area contributed by atoms with E-state index in [-0.39, 0.29) is 5.97 Å². The number of methoxy groups -OCH3 is 1. The van der Waals surface area contributed by atoms with Crippen LogP contribution in [0.5, 0.6) is 0 Å². The van der Waals surface area contributed by atoms with Crippen molar-refractivity contribution in [2.45, 2.75) is 6.92 Å². The molecule has 4 nitrogen and oxygen atoms in total. The van der Waals surface area contributed by atoms with E-state index < -0.39 is 0 Å². The quantitative estimate of drug-likeness (QED) is 0.753. The number of carbonyl (C=O) groups excluding carboxylic acids is 1. The number of hydrogen-bond donors (Lipinski definition) is 0. The van der Waals surface area contributed by atoms with Crippen LogP contribution in [0.2, 0.25) is 0 Å². The number of hydrogen-bond acceptors (Lipinski definition) is 4. The Bertz CT molecular complexity index is 569. The van der Waals surface area contributed by atoms with Crippen molar-refractivity contribution in [1.82, 2.24) is 10.2 Å². The molecule has 0 spiro atoms. The van der Waals surface area contributed by atoms with Crippen molar-refractivity contribution in [2.75, 3.05) is 7.11 Å². The molecule has 16 heavy (non-hydrogen) atoms. The van der Waals surface area contributed by atoms with Crippen molar-refractivity contribution >= 4 is 32.8 Å². The number of rotatable bonds is 1. The summed E-state index contributed by atoms with van der Waals surface area (Å²) in [4.78, 5) is 11.4. The Morgan fingerprint density at radius 1 is 1.38 bits per heavy atom. The highest BCUT2D eigenvalue weighted by molar-refractivity contribution is 9.10. The van der Waals surface area contributed by atoms with Crippen LogP contribution in [0.3, 0.4) is 0 Å². The highest BCUT2D eigenvalue weighted by atomic mass is 79.9. The summed E-state index contributed by atoms with van der Waals surface area (Å²) in [6.07, 6.45) is 0. The molecule has 0 saturated carbocycles. The first-order valence-corrected chi connectivity index (χ1v) is 5.43. The third kappa shape index (κ3) is 1.78. The number of nitrogens with zero attached hydrogens (tertiary/aromatic N) is 2. The lowest BCUT2D eigenvalue weighted by atomic mass is 10.1. The van der Waals surface area contributed by atoms with Gasteiger partial charge in [-0.05, 0) is 41.1 Å². The Morgan fingerprint density at radius 3 is 2.81 bits per heavy atom. The van der Waals surface area contributed by atoms with Crippen molar-refractivity contribution in [3.8, 4) is 0 Å². The van der Waals surface area contributed by atoms with Gasteiger partial charge in [0.1, 0.15) is 0 Å². The summed E-state index contributed by atoms with van der Waals surface area (Å²) in [5, 5.41) is 8.88. The molecule has 2 rings (SSSR count). The molecule has 0 amide bonds. The van der Waals surface area contributed by atoms with Crippen molar-refractivity contribution in [2.24, 2.45) is 0 Å². The Morgan fingerprint density at radius 2 is 2.12 bits per heavy atom. The van der Waals surface area contributed by atoms with Crippen molar-refractivity contribution in [1.29, 1.82) is 0 Å². The van der Waals surface area contributed by atoms with E-state index in [4.69, 9.17) is 0 Å². The maximum atomic E-state index is 11.4. The molecule has 0 N–H and O–H groups in total. The molecule has 1 aromatic carbocycles. The molecular weight excluding hydrogens is 272 g/mol. The van der Waals surface area contributed by atoms with E-state index in [9.17, 15) is 4.79 Å². The zero-order chi connectivity index (χ0) is 11.7. The van der Waals surface area contributed by atoms with Gasteiger partial charge in [-0.25, -0.2) is 4.79 Å². The first kappa shape index (κ1) is 11.0. The van der Waals surface area contributed by atoms with E-state index in [0.717, 1.165) is 21.1 Å². The maximum Gasteiger partial charge on any atom is 0.337 e. The van der Waals surface area contributed by atoms with Crippen LogP contribution in [-0.4, -0.2) is 23.3 Å². The molecule has 0 saturated heterocycles. The number of aromatic nitrogens is 2. The predicted octanol–water partition coefficient (Wildman–Crippen LogP) is 2.49. The monoisotopic (exact) mass is 280 g/mol. The minimum atomic E-state index is -0.358. The number of esters is 1. The van der Waals surface area contributed by atoms with Crippen molar-refractivity contribution in [3.05, 3.63) is 33.9 Å². The lowest BCUT2D eigenvalue weighted by Gasteiger charge is -2.04. The average Bonchev–Trinajstić information content (AvgIpc) is 2.32. The van der Waals surface area contributed by atoms with Gasteiger partial charge in [0, 0.05) is 5.39 Å². The van der Waals surface area contributed by atoms with Gasteiger partial charge in [0.2, 0.25) is 0 Å². The van der Waals surface area contributed by atoms with Gasteiger partial charge in [-0.3, -0.25) is 0 Å². The zero-order valence-electron chi connectivity index (χ0n) is 8.82. The van der Waals surface area contributed by atoms with Gasteiger partial charge in [-0.2, -0.15) is 10.2 Å². The Labute approximate surface area is 101 Å². The summed E-state index contributed by atoms with van der Waals surface area (Å²) in [7, 11) is 1.36. The topological polar surface area (TPSA) is 52.1 Å². The van der Waals surface area contributed by atoms with Crippen LogP contribution in [0.1, 0.15) is 16.1 Å². The third-order valence-electron chi connectivity index (χ3n) is 2.28. The molecule has 1 heterocycles. The van der Waals surface area contributed by atoms with Gasteiger partial charge in [-0.15, -0.1) is 0 Å². The molecule has 0 aliphatic heterocycles. The minimum absolute atomic E-state index is 0.358. The first-order chi connectivity index (χ1) is 7.63. The largest absolute Gasteiger partial charge is 0.465 e. The number of halogens is 1. The number of fused-ring (bicyclic) bond motifs is 1. The standard InChI is InChI=1S/C11H9BrN2O2/c1-6-10(12)8-5-7(11(15)16-2)3-4-9(8)14-13-6/h3-5H,1-2H3. The normalized spacial score (nSPS) is 10.4. The molecule has 82 valence electrons. The van der Waals surface area contributed by atoms with Gasteiger partial charge >= 0.3 is 5.97 Å². The van der Waals surface area contributed by atoms with Crippen LogP contribution < -0.4 is 0 Å². The molecule has 1 aromatic heterocycles. The fraction of sp³-hybridized carbons (Fsp3) is 0.182. The summed E-state index contributed by atoms with van der Waals surface area (Å²) in [5.74, 6) is -0.358. The van der Waals surface area contributed by atoms with E-state index in [0.29, 0.717) is 5.56 Å². The van der Waals surface area contributed by atoms with E-state index >= 15 is 0 Å². The lowest BCUT2D eigenvalue weighted by molar-refractivity contribution is 0.0601. The van der Waals surface area contributed by atoms with E-state index in [1.807, 2.05) is 6.92 Å². The Kier molecular flexibility index (Phi) is 2.87. The SMILES string of the molecule is COC(=O)c1ccc2nnc(C)c(Br)c2c1. The van der Waals surface area contributed by atoms with Crippen LogP contribution in [0, 0.1) is 6.92 Å². The van der Waals surface area contributed by atoms with Crippen LogP contribution in [0.15, 0.2) is 22.7 Å². The Hall–Kier alpha value is -1.49. The second-order valence-electron chi connectivity index (χ2n) is 3.32. The molecule has 2 aromatic rings. The molecule has 0 fully saturated rings. The lowest BCUT2D eigenvalue weighted by Crippen LogP contribution is -2.01. The fourth-order valence-electron chi connectivity index (χ4n) is 1.41. The molecule has 0 aliphatic carbocycles. The van der Waals surface area contributed by atoms with E-state index in [1.54, 1.807) is 18.2 Å². The summed E-state index contributed by atoms with van der Waals surface area (Å²) < 4.78 is 5.52. The highest BCUT2D eigenvalue weighted by Gasteiger charge is 2.09. The average molecular weight is 281 g/mol. The second-order valence-corrected chi connectivity index (χ2v) is 4.12. The minimum Gasteiger partial charge on any atom is -0.465 e. The van der Waals surface area contributed by atoms with Gasteiger partial charge in [0.25, 0.3) is 0 Å². The van der Waals surface area contributed by atoms with Gasteiger partial charge < -0.3 is 4.74 Å². The summed E-state index contributed by atoms with van der Waals surface area (Å²) >= 11 is 3.43. The van der Waals surface area contributed by atoms with Gasteiger partial charge in [0.05, 0.1) is 28.4 Å². The predicted molar refractivity (Wildman–Crippen MR) is 63.3 cm³/mol. The number of benzene rings is 1. The van der Waals surface area contributed by atoms with Gasteiger partial charge in [-0.1, -0.05) is 0 Å². The zero-order valence-corrected chi connectivity index (χ0v) is 10.4. The van der Waals surface area contributed by atoms with Crippen LogP contribution in [0.25, 0.3) is 10.9 Å². The number of carbonyl (C=O) groups is 1. The molecule has 0 unspecified atom stereocenters. The van der Waals surface area contributed by atoms with E-state index in [1.165, 1.54) is 7.11 Å². The molecule has 0 radical (unpaired) electrons. The highest BCUT2D eigenvalue weighted by Crippen LogP contribution is 2.25. The van der Waals surface area contributed by atoms with Gasteiger partial charge in [0.15, 0.2) is 0 Å². The number of ether oxygens (including phenoxy) is 1. The molecular formula is C11H9BrN2O2. The second kappa shape index (κ2) is 4.17. The fourth-order valence-corrected chi connectivity index (χ4v) is 1.81. The first-order valence-electron chi connectivity index (χ1n) is 4.64. The summed E-state index contributed by atoms with van der Waals surface area (Å²) in [6, 6.07) is 5.16. The van der Waals surface area contributed by atoms with Crippen molar-refractivity contribution < 1.29 is 9.53 Å². The van der Waals surface area contributed by atoms with Crippen LogP contribution in [0.4, 0.5) is 0 Å². The molecule has 0 aliphatic rings. The van der Waals surface area contributed by atoms with Crippen molar-refractivity contribution in [3.63, 3.8) is 0 Å². The van der Waals surface area contributed by atoms with Crippen LogP contribution in [-0.2, 0) is 4.74 Å².